The van der Waals surface area contributed by atoms with E-state index < -0.39 is 0 Å². The van der Waals surface area contributed by atoms with Crippen LogP contribution in [0.4, 0.5) is 11.4 Å². The van der Waals surface area contributed by atoms with Crippen LogP contribution in [0.1, 0.15) is 44.5 Å². The van der Waals surface area contributed by atoms with E-state index in [0.29, 0.717) is 12.1 Å². The number of nitrogens with zero attached hydrogens (tertiary/aromatic N) is 2. The van der Waals surface area contributed by atoms with Crippen molar-refractivity contribution < 1.29 is 9.59 Å². The molecule has 0 unspecified atom stereocenters. The van der Waals surface area contributed by atoms with E-state index >= 15 is 0 Å². The molecule has 0 spiro atoms. The number of nitrogens with one attached hydrogen (secondary N) is 1. The van der Waals surface area contributed by atoms with Gasteiger partial charge in [0, 0.05) is 29.7 Å². The summed E-state index contributed by atoms with van der Waals surface area (Å²) in [6.45, 7) is 8.39. The minimum atomic E-state index is -0.341. The second-order valence-corrected chi connectivity index (χ2v) is 7.02. The fraction of sp³-hybridized carbons (Fsp3) is 0.208. The van der Waals surface area contributed by atoms with Gasteiger partial charge in [-0.25, -0.2) is 0 Å². The van der Waals surface area contributed by atoms with E-state index in [4.69, 9.17) is 0 Å². The van der Waals surface area contributed by atoms with E-state index in [0.717, 1.165) is 28.1 Å². The first-order chi connectivity index (χ1) is 13.9. The summed E-state index contributed by atoms with van der Waals surface area (Å²) in [4.78, 5) is 31.6. The average Bonchev–Trinajstić information content (AvgIpc) is 2.72. The molecule has 0 aliphatic rings. The molecule has 148 valence electrons. The molecule has 1 heterocycles. The van der Waals surface area contributed by atoms with Crippen LogP contribution in [0.3, 0.4) is 0 Å². The van der Waals surface area contributed by atoms with Gasteiger partial charge in [-0.05, 0) is 74.7 Å². The number of carbonyl (C=O) groups is 2. The fourth-order valence-corrected chi connectivity index (χ4v) is 3.16. The van der Waals surface area contributed by atoms with Crippen LogP contribution in [-0.4, -0.2) is 23.3 Å². The Kier molecular flexibility index (Phi) is 6.07. The molecular weight excluding hydrogens is 362 g/mol. The quantitative estimate of drug-likeness (QED) is 0.675. The summed E-state index contributed by atoms with van der Waals surface area (Å²) < 4.78 is 0. The van der Waals surface area contributed by atoms with Crippen LogP contribution in [-0.2, 0) is 0 Å². The number of benzene rings is 2. The molecule has 2 amide bonds. The van der Waals surface area contributed by atoms with Crippen molar-refractivity contribution in [3.05, 3.63) is 88.7 Å². The average molecular weight is 387 g/mol. The number of rotatable bonds is 5. The van der Waals surface area contributed by atoms with Crippen LogP contribution >= 0.6 is 0 Å². The summed E-state index contributed by atoms with van der Waals surface area (Å²) >= 11 is 0. The Morgan fingerprint density at radius 2 is 1.76 bits per heavy atom. The van der Waals surface area contributed by atoms with Crippen molar-refractivity contribution >= 4 is 23.2 Å². The first kappa shape index (κ1) is 20.3. The van der Waals surface area contributed by atoms with Gasteiger partial charge in [-0.15, -0.1) is 0 Å². The summed E-state index contributed by atoms with van der Waals surface area (Å²) in [5.41, 5.74) is 5.38. The van der Waals surface area contributed by atoms with Gasteiger partial charge in [-0.2, -0.15) is 0 Å². The van der Waals surface area contributed by atoms with Crippen LogP contribution in [0.25, 0.3) is 0 Å². The molecule has 0 aliphatic heterocycles. The predicted molar refractivity (Wildman–Crippen MR) is 117 cm³/mol. The minimum Gasteiger partial charge on any atom is -0.320 e. The van der Waals surface area contributed by atoms with Crippen LogP contribution < -0.4 is 10.2 Å². The standard InChI is InChI=1S/C24H25N3O2/c1-5-27(20-10-6-8-16(2)14-20)24(29)19-12-13-25-22(15-19)23(28)26-21-11-7-9-17(3)18(21)4/h6-15H,5H2,1-4H3,(H,26,28). The molecule has 0 fully saturated rings. The zero-order valence-corrected chi connectivity index (χ0v) is 17.2. The Labute approximate surface area is 171 Å². The molecule has 0 saturated carbocycles. The Hall–Kier alpha value is -3.47. The SMILES string of the molecule is CCN(C(=O)c1ccnc(C(=O)Nc2cccc(C)c2C)c1)c1cccc(C)c1. The topological polar surface area (TPSA) is 62.3 Å². The molecule has 0 saturated heterocycles. The maximum absolute atomic E-state index is 13.1. The summed E-state index contributed by atoms with van der Waals surface area (Å²) in [6.07, 6.45) is 1.50. The molecule has 0 aliphatic carbocycles. The van der Waals surface area contributed by atoms with E-state index in [-0.39, 0.29) is 17.5 Å². The summed E-state index contributed by atoms with van der Waals surface area (Å²) in [5.74, 6) is -0.506. The maximum Gasteiger partial charge on any atom is 0.274 e. The number of carbonyl (C=O) groups excluding carboxylic acids is 2. The summed E-state index contributed by atoms with van der Waals surface area (Å²) in [7, 11) is 0. The van der Waals surface area contributed by atoms with Gasteiger partial charge in [-0.1, -0.05) is 24.3 Å². The zero-order valence-electron chi connectivity index (χ0n) is 17.2. The maximum atomic E-state index is 13.1. The van der Waals surface area contributed by atoms with Gasteiger partial charge in [0.2, 0.25) is 0 Å². The normalized spacial score (nSPS) is 10.5. The highest BCUT2D eigenvalue weighted by Gasteiger charge is 2.19. The molecule has 5 heteroatoms. The lowest BCUT2D eigenvalue weighted by Crippen LogP contribution is -2.31. The second kappa shape index (κ2) is 8.69. The van der Waals surface area contributed by atoms with Crippen molar-refractivity contribution in [2.75, 3.05) is 16.8 Å². The Balaban J connectivity index is 1.85. The van der Waals surface area contributed by atoms with Crippen LogP contribution in [0, 0.1) is 20.8 Å². The Bertz CT molecular complexity index is 1060. The van der Waals surface area contributed by atoms with E-state index in [1.165, 1.54) is 6.20 Å². The van der Waals surface area contributed by atoms with E-state index in [9.17, 15) is 9.59 Å². The van der Waals surface area contributed by atoms with Crippen LogP contribution in [0.2, 0.25) is 0 Å². The van der Waals surface area contributed by atoms with Crippen molar-refractivity contribution in [2.24, 2.45) is 0 Å². The number of amides is 2. The fourth-order valence-electron chi connectivity index (χ4n) is 3.16. The van der Waals surface area contributed by atoms with Gasteiger partial charge in [0.15, 0.2) is 0 Å². The van der Waals surface area contributed by atoms with E-state index in [2.05, 4.69) is 10.3 Å². The number of hydrogen-bond acceptors (Lipinski definition) is 3. The third kappa shape index (κ3) is 4.51. The van der Waals surface area contributed by atoms with Crippen molar-refractivity contribution in [1.82, 2.24) is 4.98 Å². The molecule has 0 atom stereocenters. The number of hydrogen-bond donors (Lipinski definition) is 1. The first-order valence-electron chi connectivity index (χ1n) is 9.63. The molecule has 3 aromatic rings. The van der Waals surface area contributed by atoms with Crippen LogP contribution in [0.5, 0.6) is 0 Å². The molecule has 3 rings (SSSR count). The highest BCUT2D eigenvalue weighted by Crippen LogP contribution is 2.20. The van der Waals surface area contributed by atoms with Gasteiger partial charge in [0.05, 0.1) is 0 Å². The Morgan fingerprint density at radius 1 is 1.00 bits per heavy atom. The van der Waals surface area contributed by atoms with Crippen molar-refractivity contribution in [1.29, 1.82) is 0 Å². The largest absolute Gasteiger partial charge is 0.320 e. The lowest BCUT2D eigenvalue weighted by Gasteiger charge is -2.21. The number of aryl methyl sites for hydroxylation is 2. The summed E-state index contributed by atoms with van der Waals surface area (Å²) in [6, 6.07) is 16.7. The van der Waals surface area contributed by atoms with Gasteiger partial charge in [-0.3, -0.25) is 14.6 Å². The highest BCUT2D eigenvalue weighted by atomic mass is 16.2. The lowest BCUT2D eigenvalue weighted by molar-refractivity contribution is 0.0988. The molecule has 0 radical (unpaired) electrons. The van der Waals surface area contributed by atoms with Gasteiger partial charge in [0.1, 0.15) is 5.69 Å². The molecule has 5 nitrogen and oxygen atoms in total. The van der Waals surface area contributed by atoms with Crippen molar-refractivity contribution in [2.45, 2.75) is 27.7 Å². The van der Waals surface area contributed by atoms with Crippen molar-refractivity contribution in [3.8, 4) is 0 Å². The number of pyridine rings is 1. The monoisotopic (exact) mass is 387 g/mol. The van der Waals surface area contributed by atoms with Gasteiger partial charge >= 0.3 is 0 Å². The first-order valence-corrected chi connectivity index (χ1v) is 9.63. The zero-order chi connectivity index (χ0) is 21.0. The lowest BCUT2D eigenvalue weighted by atomic mass is 10.1. The van der Waals surface area contributed by atoms with Gasteiger partial charge < -0.3 is 10.2 Å². The molecule has 1 N–H and O–H groups in total. The van der Waals surface area contributed by atoms with E-state index in [1.807, 2.05) is 70.2 Å². The predicted octanol–water partition coefficient (Wildman–Crippen LogP) is 4.93. The molecule has 2 aromatic carbocycles. The third-order valence-corrected chi connectivity index (χ3v) is 4.97. The number of anilines is 2. The Morgan fingerprint density at radius 3 is 2.48 bits per heavy atom. The van der Waals surface area contributed by atoms with Crippen LogP contribution in [0.15, 0.2) is 60.8 Å². The molecule has 29 heavy (non-hydrogen) atoms. The minimum absolute atomic E-state index is 0.165. The number of aromatic nitrogens is 1. The molecule has 0 bridgehead atoms. The highest BCUT2D eigenvalue weighted by molar-refractivity contribution is 6.09. The molecular formula is C24H25N3O2. The van der Waals surface area contributed by atoms with E-state index in [1.54, 1.807) is 17.0 Å². The summed E-state index contributed by atoms with van der Waals surface area (Å²) in [5, 5.41) is 2.89. The van der Waals surface area contributed by atoms with Gasteiger partial charge in [0.25, 0.3) is 11.8 Å². The third-order valence-electron chi connectivity index (χ3n) is 4.97. The smallest absolute Gasteiger partial charge is 0.274 e. The molecule has 1 aromatic heterocycles. The second-order valence-electron chi connectivity index (χ2n) is 7.02. The van der Waals surface area contributed by atoms with Crippen molar-refractivity contribution in [3.63, 3.8) is 0 Å².